The predicted octanol–water partition coefficient (Wildman–Crippen LogP) is 2.37. The number of piperidine rings is 1. The van der Waals surface area contributed by atoms with Gasteiger partial charge in [0.2, 0.25) is 11.8 Å². The third-order valence-electron chi connectivity index (χ3n) is 4.65. The number of benzene rings is 1. The number of carbonyl (C=O) groups is 2. The average Bonchev–Trinajstić information content (AvgIpc) is 2.89. The van der Waals surface area contributed by atoms with Crippen LogP contribution in [-0.2, 0) is 9.59 Å². The summed E-state index contributed by atoms with van der Waals surface area (Å²) in [5.41, 5.74) is 0.826. The molecule has 2 fully saturated rings. The van der Waals surface area contributed by atoms with Gasteiger partial charge in [-0.15, -0.1) is 12.4 Å². The Labute approximate surface area is 153 Å². The number of halogens is 2. The Bertz CT molecular complexity index is 594. The van der Waals surface area contributed by atoms with Crippen LogP contribution in [0, 0.1) is 5.92 Å². The van der Waals surface area contributed by atoms with Crippen molar-refractivity contribution in [1.29, 1.82) is 0 Å². The monoisotopic (exact) mass is 371 g/mol. The number of nitrogens with one attached hydrogen (secondary N) is 2. The molecule has 5 nitrogen and oxygen atoms in total. The number of rotatable bonds is 3. The minimum absolute atomic E-state index is 0. The highest BCUT2D eigenvalue weighted by molar-refractivity contribution is 6.30. The molecular weight excluding hydrogens is 349 g/mol. The molecule has 3 atom stereocenters. The maximum absolute atomic E-state index is 12.5. The van der Waals surface area contributed by atoms with Crippen LogP contribution in [-0.4, -0.2) is 37.0 Å². The van der Waals surface area contributed by atoms with Gasteiger partial charge in [-0.25, -0.2) is 0 Å². The summed E-state index contributed by atoms with van der Waals surface area (Å²) in [5.74, 6) is -0.0269. The van der Waals surface area contributed by atoms with Gasteiger partial charge in [-0.3, -0.25) is 9.59 Å². The lowest BCUT2D eigenvalue weighted by Gasteiger charge is -2.28. The van der Waals surface area contributed by atoms with Crippen molar-refractivity contribution < 1.29 is 9.59 Å². The van der Waals surface area contributed by atoms with Crippen LogP contribution in [0.15, 0.2) is 24.3 Å². The Hall–Kier alpha value is -1.30. The zero-order valence-electron chi connectivity index (χ0n) is 13.6. The van der Waals surface area contributed by atoms with E-state index in [1.807, 2.05) is 12.1 Å². The molecule has 2 aliphatic heterocycles. The van der Waals surface area contributed by atoms with Gasteiger partial charge >= 0.3 is 0 Å². The van der Waals surface area contributed by atoms with E-state index in [9.17, 15) is 9.59 Å². The largest absolute Gasteiger partial charge is 0.344 e. The Morgan fingerprint density at radius 2 is 2.00 bits per heavy atom. The highest BCUT2D eigenvalue weighted by Crippen LogP contribution is 2.24. The number of hydrogen-bond donors (Lipinski definition) is 2. The summed E-state index contributed by atoms with van der Waals surface area (Å²) in [4.78, 5) is 26.7. The normalized spacial score (nSPS) is 26.8. The standard InChI is InChI=1S/C17H22ClN3O2.ClH/c1-11-10-12(6-8-19-11)16(22)20-15-7-9-21(17(15)23)14-4-2-13(18)3-5-14;/h2-5,11-12,15,19H,6-10H2,1H3,(H,20,22);1H/t11-,12-,15?;/m0./s1. The third kappa shape index (κ3) is 4.21. The zero-order chi connectivity index (χ0) is 16.4. The van der Waals surface area contributed by atoms with Crippen LogP contribution in [0.1, 0.15) is 26.2 Å². The summed E-state index contributed by atoms with van der Waals surface area (Å²) < 4.78 is 0. The first-order valence-electron chi connectivity index (χ1n) is 8.15. The number of anilines is 1. The smallest absolute Gasteiger partial charge is 0.249 e. The van der Waals surface area contributed by atoms with E-state index < -0.39 is 6.04 Å². The molecule has 7 heteroatoms. The minimum Gasteiger partial charge on any atom is -0.344 e. The molecular formula is C17H23Cl2N3O2. The molecule has 0 bridgehead atoms. The van der Waals surface area contributed by atoms with Gasteiger partial charge in [0.15, 0.2) is 0 Å². The van der Waals surface area contributed by atoms with Gasteiger partial charge in [-0.2, -0.15) is 0 Å². The average molecular weight is 372 g/mol. The lowest BCUT2D eigenvalue weighted by Crippen LogP contribution is -2.47. The summed E-state index contributed by atoms with van der Waals surface area (Å²) in [5, 5.41) is 6.93. The lowest BCUT2D eigenvalue weighted by atomic mass is 9.92. The van der Waals surface area contributed by atoms with Crippen molar-refractivity contribution in [1.82, 2.24) is 10.6 Å². The molecule has 0 aliphatic carbocycles. The van der Waals surface area contributed by atoms with E-state index in [1.54, 1.807) is 17.0 Å². The molecule has 3 rings (SSSR count). The maximum atomic E-state index is 12.5. The van der Waals surface area contributed by atoms with Gasteiger partial charge in [0.05, 0.1) is 0 Å². The summed E-state index contributed by atoms with van der Waals surface area (Å²) >= 11 is 5.88. The highest BCUT2D eigenvalue weighted by Gasteiger charge is 2.35. The summed E-state index contributed by atoms with van der Waals surface area (Å²) in [6, 6.07) is 7.14. The highest BCUT2D eigenvalue weighted by atomic mass is 35.5. The first-order valence-corrected chi connectivity index (χ1v) is 8.53. The Balaban J connectivity index is 0.00000208. The van der Waals surface area contributed by atoms with Gasteiger partial charge in [-0.05, 0) is 57.0 Å². The maximum Gasteiger partial charge on any atom is 0.249 e. The summed E-state index contributed by atoms with van der Waals surface area (Å²) in [7, 11) is 0. The SMILES string of the molecule is C[C@H]1C[C@@H](C(=O)NC2CCN(c3ccc(Cl)cc3)C2=O)CCN1.Cl. The van der Waals surface area contributed by atoms with Crippen molar-refractivity contribution in [3.8, 4) is 0 Å². The molecule has 2 N–H and O–H groups in total. The number of hydrogen-bond acceptors (Lipinski definition) is 3. The van der Waals surface area contributed by atoms with Crippen molar-refractivity contribution in [2.24, 2.45) is 5.92 Å². The number of carbonyl (C=O) groups excluding carboxylic acids is 2. The first-order chi connectivity index (χ1) is 11.0. The molecule has 2 heterocycles. The van der Waals surface area contributed by atoms with E-state index in [1.165, 1.54) is 0 Å². The van der Waals surface area contributed by atoms with E-state index >= 15 is 0 Å². The van der Waals surface area contributed by atoms with E-state index in [4.69, 9.17) is 11.6 Å². The quantitative estimate of drug-likeness (QED) is 0.857. The molecule has 2 amide bonds. The second-order valence-corrected chi connectivity index (χ2v) is 6.83. The molecule has 132 valence electrons. The molecule has 0 aromatic heterocycles. The molecule has 24 heavy (non-hydrogen) atoms. The van der Waals surface area contributed by atoms with E-state index in [2.05, 4.69) is 17.6 Å². The van der Waals surface area contributed by atoms with Gasteiger partial charge < -0.3 is 15.5 Å². The van der Waals surface area contributed by atoms with Gasteiger partial charge in [-0.1, -0.05) is 11.6 Å². The Kier molecular flexibility index (Phi) is 6.49. The fourth-order valence-electron chi connectivity index (χ4n) is 3.35. The molecule has 0 radical (unpaired) electrons. The van der Waals surface area contributed by atoms with Crippen LogP contribution < -0.4 is 15.5 Å². The fourth-order valence-corrected chi connectivity index (χ4v) is 3.48. The summed E-state index contributed by atoms with van der Waals surface area (Å²) in [6.07, 6.45) is 2.30. The molecule has 0 spiro atoms. The Morgan fingerprint density at radius 3 is 2.67 bits per heavy atom. The van der Waals surface area contributed by atoms with Crippen LogP contribution in [0.4, 0.5) is 5.69 Å². The van der Waals surface area contributed by atoms with E-state index in [0.717, 1.165) is 25.1 Å². The fraction of sp³-hybridized carbons (Fsp3) is 0.529. The minimum atomic E-state index is -0.414. The number of amides is 2. The molecule has 0 saturated carbocycles. The van der Waals surface area contributed by atoms with Crippen LogP contribution >= 0.6 is 24.0 Å². The zero-order valence-corrected chi connectivity index (χ0v) is 15.2. The van der Waals surface area contributed by atoms with Crippen LogP contribution in [0.5, 0.6) is 0 Å². The van der Waals surface area contributed by atoms with Gasteiger partial charge in [0.1, 0.15) is 6.04 Å². The summed E-state index contributed by atoms with van der Waals surface area (Å²) in [6.45, 7) is 3.56. The molecule has 1 aromatic carbocycles. The van der Waals surface area contributed by atoms with E-state index in [-0.39, 0.29) is 30.1 Å². The second-order valence-electron chi connectivity index (χ2n) is 6.39. The van der Waals surface area contributed by atoms with Crippen LogP contribution in [0.2, 0.25) is 5.02 Å². The Morgan fingerprint density at radius 1 is 1.29 bits per heavy atom. The van der Waals surface area contributed by atoms with Gasteiger partial charge in [0.25, 0.3) is 0 Å². The van der Waals surface area contributed by atoms with Crippen molar-refractivity contribution in [3.05, 3.63) is 29.3 Å². The molecule has 2 saturated heterocycles. The van der Waals surface area contributed by atoms with Crippen molar-refractivity contribution in [3.63, 3.8) is 0 Å². The molecule has 2 aliphatic rings. The predicted molar refractivity (Wildman–Crippen MR) is 97.8 cm³/mol. The lowest BCUT2D eigenvalue weighted by molar-refractivity contribution is -0.130. The van der Waals surface area contributed by atoms with Crippen molar-refractivity contribution in [2.75, 3.05) is 18.0 Å². The molecule has 1 aromatic rings. The van der Waals surface area contributed by atoms with Crippen LogP contribution in [0.3, 0.4) is 0 Å². The van der Waals surface area contributed by atoms with Crippen molar-refractivity contribution >= 4 is 41.5 Å². The third-order valence-corrected chi connectivity index (χ3v) is 4.91. The second kappa shape index (κ2) is 8.19. The van der Waals surface area contributed by atoms with Gasteiger partial charge in [0, 0.05) is 29.2 Å². The first kappa shape index (κ1) is 19.0. The number of nitrogens with zero attached hydrogens (tertiary/aromatic N) is 1. The van der Waals surface area contributed by atoms with Crippen molar-refractivity contribution in [2.45, 2.75) is 38.3 Å². The topological polar surface area (TPSA) is 61.4 Å². The molecule has 1 unspecified atom stereocenters. The van der Waals surface area contributed by atoms with Crippen LogP contribution in [0.25, 0.3) is 0 Å². The van der Waals surface area contributed by atoms with E-state index in [0.29, 0.717) is 24.0 Å².